The summed E-state index contributed by atoms with van der Waals surface area (Å²) in [6.07, 6.45) is 5.93. The van der Waals surface area contributed by atoms with Gasteiger partial charge in [0.1, 0.15) is 5.60 Å². The molecular weight excluding hydrogens is 432 g/mol. The van der Waals surface area contributed by atoms with Gasteiger partial charge in [-0.1, -0.05) is 12.1 Å². The molecule has 178 valence electrons. The molecule has 8 nitrogen and oxygen atoms in total. The minimum atomic E-state index is -1.11. The summed E-state index contributed by atoms with van der Waals surface area (Å²) in [4.78, 5) is 24.4. The van der Waals surface area contributed by atoms with Crippen LogP contribution in [0.5, 0.6) is 5.88 Å². The van der Waals surface area contributed by atoms with Crippen molar-refractivity contribution in [3.8, 4) is 17.0 Å². The molecule has 1 unspecified atom stereocenters. The normalized spacial score (nSPS) is 19.8. The number of hydrogen-bond donors (Lipinski definition) is 3. The van der Waals surface area contributed by atoms with Gasteiger partial charge in [0, 0.05) is 29.7 Å². The van der Waals surface area contributed by atoms with Crippen LogP contribution >= 0.6 is 0 Å². The Balaban J connectivity index is 1.51. The molecule has 2 aromatic heterocycles. The molecule has 4 rings (SSSR count). The highest BCUT2D eigenvalue weighted by atomic mass is 16.5. The van der Waals surface area contributed by atoms with Crippen LogP contribution < -0.4 is 10.1 Å². The van der Waals surface area contributed by atoms with Gasteiger partial charge in [0.05, 0.1) is 18.7 Å². The van der Waals surface area contributed by atoms with Gasteiger partial charge in [0.25, 0.3) is 0 Å². The zero-order chi connectivity index (χ0) is 24.3. The van der Waals surface area contributed by atoms with Crippen molar-refractivity contribution in [2.75, 3.05) is 12.4 Å². The Morgan fingerprint density at radius 1 is 1.09 bits per heavy atom. The van der Waals surface area contributed by atoms with Gasteiger partial charge >= 0.3 is 5.97 Å². The summed E-state index contributed by atoms with van der Waals surface area (Å²) in [5.41, 5.74) is 3.30. The Morgan fingerprint density at radius 2 is 1.85 bits per heavy atom. The van der Waals surface area contributed by atoms with Crippen molar-refractivity contribution in [3.05, 3.63) is 60.0 Å². The van der Waals surface area contributed by atoms with Crippen molar-refractivity contribution in [2.24, 2.45) is 11.8 Å². The third-order valence-electron chi connectivity index (χ3n) is 6.66. The summed E-state index contributed by atoms with van der Waals surface area (Å²) in [5.74, 6) is -0.148. The van der Waals surface area contributed by atoms with E-state index in [1.165, 1.54) is 0 Å². The van der Waals surface area contributed by atoms with Crippen molar-refractivity contribution in [3.63, 3.8) is 0 Å². The molecule has 1 aliphatic carbocycles. The van der Waals surface area contributed by atoms with Crippen LogP contribution in [0, 0.1) is 18.8 Å². The van der Waals surface area contributed by atoms with Crippen LogP contribution in [-0.2, 0) is 10.4 Å². The molecular formula is C26H30N4O4. The van der Waals surface area contributed by atoms with E-state index < -0.39 is 11.6 Å². The maximum Gasteiger partial charge on any atom is 0.306 e. The largest absolute Gasteiger partial charge is 0.481 e. The van der Waals surface area contributed by atoms with Crippen LogP contribution in [0.2, 0.25) is 0 Å². The number of aromatic nitrogens is 3. The number of aryl methyl sites for hydroxylation is 1. The van der Waals surface area contributed by atoms with Crippen LogP contribution in [0.15, 0.2) is 48.8 Å². The highest BCUT2D eigenvalue weighted by Gasteiger charge is 2.38. The predicted octanol–water partition coefficient (Wildman–Crippen LogP) is 4.70. The Labute approximate surface area is 199 Å². The first-order chi connectivity index (χ1) is 16.3. The molecule has 0 spiro atoms. The fourth-order valence-electron chi connectivity index (χ4n) is 4.64. The second-order valence-corrected chi connectivity index (χ2v) is 9.10. The number of hydrogen-bond acceptors (Lipinski definition) is 7. The Kier molecular flexibility index (Phi) is 6.79. The monoisotopic (exact) mass is 462 g/mol. The predicted molar refractivity (Wildman–Crippen MR) is 129 cm³/mol. The zero-order valence-corrected chi connectivity index (χ0v) is 19.7. The molecule has 3 aromatic rings. The third kappa shape index (κ3) is 5.17. The minimum absolute atomic E-state index is 0.0147. The number of rotatable bonds is 7. The Hall–Kier alpha value is -3.52. The standard InChI is InChI=1S/C26H30N4O4/c1-16-12-19(14-21(13-16)29-25-27-11-10-23(30-25)34-3)18-6-9-22(28-15-18)26(2,33)20-7-4-17(5-8-20)24(31)32/h6,9-15,17,20,33H,4-5,7-8H2,1-3H3,(H,31,32)(H,27,29,30). The quantitative estimate of drug-likeness (QED) is 0.463. The second-order valence-electron chi connectivity index (χ2n) is 9.10. The zero-order valence-electron chi connectivity index (χ0n) is 19.7. The average Bonchev–Trinajstić information content (AvgIpc) is 2.84. The summed E-state index contributed by atoms with van der Waals surface area (Å²) < 4.78 is 5.16. The first-order valence-electron chi connectivity index (χ1n) is 11.4. The van der Waals surface area contributed by atoms with E-state index in [2.05, 4.69) is 26.3 Å². The van der Waals surface area contributed by atoms with Gasteiger partial charge in [-0.25, -0.2) is 4.98 Å². The lowest BCUT2D eigenvalue weighted by Crippen LogP contribution is -2.36. The van der Waals surface area contributed by atoms with Gasteiger partial charge in [-0.3, -0.25) is 9.78 Å². The van der Waals surface area contributed by atoms with Crippen molar-refractivity contribution < 1.29 is 19.7 Å². The second kappa shape index (κ2) is 9.77. The summed E-state index contributed by atoms with van der Waals surface area (Å²) in [7, 11) is 1.56. The van der Waals surface area contributed by atoms with Crippen molar-refractivity contribution in [1.82, 2.24) is 15.0 Å². The van der Waals surface area contributed by atoms with E-state index in [0.29, 0.717) is 43.2 Å². The molecule has 1 atom stereocenters. The first-order valence-corrected chi connectivity index (χ1v) is 11.4. The number of nitrogens with one attached hydrogen (secondary N) is 1. The van der Waals surface area contributed by atoms with Gasteiger partial charge < -0.3 is 20.3 Å². The fourth-order valence-corrected chi connectivity index (χ4v) is 4.64. The van der Waals surface area contributed by atoms with Gasteiger partial charge in [0.2, 0.25) is 11.8 Å². The molecule has 0 amide bonds. The van der Waals surface area contributed by atoms with Gasteiger partial charge in [-0.2, -0.15) is 4.98 Å². The summed E-state index contributed by atoms with van der Waals surface area (Å²) >= 11 is 0. The van der Waals surface area contributed by atoms with E-state index in [0.717, 1.165) is 22.4 Å². The van der Waals surface area contributed by atoms with E-state index in [1.807, 2.05) is 31.2 Å². The number of carboxylic acids is 1. The Bertz CT molecular complexity index is 1160. The highest BCUT2D eigenvalue weighted by Crippen LogP contribution is 2.40. The lowest BCUT2D eigenvalue weighted by atomic mass is 9.73. The van der Waals surface area contributed by atoms with Crippen LogP contribution in [-0.4, -0.2) is 38.2 Å². The Morgan fingerprint density at radius 3 is 2.50 bits per heavy atom. The molecule has 1 fully saturated rings. The molecule has 1 aromatic carbocycles. The smallest absolute Gasteiger partial charge is 0.306 e. The molecule has 0 aliphatic heterocycles. The molecule has 0 radical (unpaired) electrons. The fraction of sp³-hybridized carbons (Fsp3) is 0.385. The van der Waals surface area contributed by atoms with Gasteiger partial charge in [-0.05, 0) is 74.8 Å². The van der Waals surface area contributed by atoms with E-state index in [4.69, 9.17) is 4.74 Å². The maximum absolute atomic E-state index is 11.2. The van der Waals surface area contributed by atoms with Crippen LogP contribution in [0.3, 0.4) is 0 Å². The molecule has 3 N–H and O–H groups in total. The number of carbonyl (C=O) groups is 1. The SMILES string of the molecule is COc1ccnc(Nc2cc(C)cc(-c3ccc(C(C)(O)C4CCC(C(=O)O)CC4)nc3)c2)n1. The molecule has 1 aliphatic rings. The average molecular weight is 463 g/mol. The number of benzene rings is 1. The van der Waals surface area contributed by atoms with E-state index >= 15 is 0 Å². The van der Waals surface area contributed by atoms with Crippen molar-refractivity contribution in [2.45, 2.75) is 45.1 Å². The van der Waals surface area contributed by atoms with Crippen molar-refractivity contribution in [1.29, 1.82) is 0 Å². The molecule has 0 saturated heterocycles. The first kappa shape index (κ1) is 23.6. The lowest BCUT2D eigenvalue weighted by Gasteiger charge is -2.36. The minimum Gasteiger partial charge on any atom is -0.481 e. The number of aliphatic carboxylic acids is 1. The summed E-state index contributed by atoms with van der Waals surface area (Å²) in [6, 6.07) is 11.6. The van der Waals surface area contributed by atoms with E-state index in [-0.39, 0.29) is 11.8 Å². The molecule has 1 saturated carbocycles. The third-order valence-corrected chi connectivity index (χ3v) is 6.66. The van der Waals surface area contributed by atoms with Gasteiger partial charge in [0.15, 0.2) is 0 Å². The van der Waals surface area contributed by atoms with Crippen LogP contribution in [0.25, 0.3) is 11.1 Å². The molecule has 8 heteroatoms. The maximum atomic E-state index is 11.2. The van der Waals surface area contributed by atoms with Crippen molar-refractivity contribution >= 4 is 17.6 Å². The number of methoxy groups -OCH3 is 1. The number of carboxylic acid groups (broad SMARTS) is 1. The number of anilines is 2. The van der Waals surface area contributed by atoms with Crippen LogP contribution in [0.1, 0.15) is 43.9 Å². The summed E-state index contributed by atoms with van der Waals surface area (Å²) in [6.45, 7) is 3.80. The van der Waals surface area contributed by atoms with Gasteiger partial charge in [-0.15, -0.1) is 0 Å². The molecule has 34 heavy (non-hydrogen) atoms. The number of aliphatic hydroxyl groups is 1. The number of pyridine rings is 1. The van der Waals surface area contributed by atoms with E-state index in [1.54, 1.807) is 32.5 Å². The van der Waals surface area contributed by atoms with Crippen LogP contribution in [0.4, 0.5) is 11.6 Å². The topological polar surface area (TPSA) is 117 Å². The molecule has 2 heterocycles. The molecule has 0 bridgehead atoms. The number of ether oxygens (including phenoxy) is 1. The van der Waals surface area contributed by atoms with E-state index in [9.17, 15) is 15.0 Å². The summed E-state index contributed by atoms with van der Waals surface area (Å²) in [5, 5.41) is 23.7. The highest BCUT2D eigenvalue weighted by molar-refractivity contribution is 5.71. The number of nitrogens with zero attached hydrogens (tertiary/aromatic N) is 3. The lowest BCUT2D eigenvalue weighted by molar-refractivity contribution is -0.144.